The van der Waals surface area contributed by atoms with Gasteiger partial charge in [0.15, 0.2) is 0 Å². The van der Waals surface area contributed by atoms with Gasteiger partial charge in [-0.05, 0) is 37.6 Å². The van der Waals surface area contributed by atoms with Gasteiger partial charge in [-0.15, -0.1) is 0 Å². The molecule has 4 nitrogen and oxygen atoms in total. The van der Waals surface area contributed by atoms with Crippen LogP contribution in [0.4, 0.5) is 0 Å². The van der Waals surface area contributed by atoms with Crippen molar-refractivity contribution in [2.75, 3.05) is 19.6 Å². The highest BCUT2D eigenvalue weighted by atomic mass is 32.2. The van der Waals surface area contributed by atoms with Gasteiger partial charge in [-0.3, -0.25) is 0 Å². The van der Waals surface area contributed by atoms with Gasteiger partial charge < -0.3 is 5.32 Å². The van der Waals surface area contributed by atoms with Crippen molar-refractivity contribution in [2.45, 2.75) is 57.1 Å². The first-order valence-electron chi connectivity index (χ1n) is 7.21. The van der Waals surface area contributed by atoms with Crippen LogP contribution in [0.3, 0.4) is 0 Å². The number of nitrogens with one attached hydrogen (secondary N) is 2. The summed E-state index contributed by atoms with van der Waals surface area (Å²) in [5, 5.41) is 3.21. The predicted octanol–water partition coefficient (Wildman–Crippen LogP) is 1.63. The van der Waals surface area contributed by atoms with Crippen molar-refractivity contribution >= 4 is 10.0 Å². The maximum atomic E-state index is 12.2. The molecule has 2 aliphatic rings. The molecule has 0 amide bonds. The second-order valence-corrected chi connectivity index (χ2v) is 8.26. The molecule has 1 unspecified atom stereocenters. The summed E-state index contributed by atoms with van der Waals surface area (Å²) in [7, 11) is -3.10. The first-order valence-corrected chi connectivity index (χ1v) is 8.76. The van der Waals surface area contributed by atoms with E-state index in [2.05, 4.69) is 17.0 Å². The van der Waals surface area contributed by atoms with Crippen molar-refractivity contribution in [3.63, 3.8) is 0 Å². The summed E-state index contributed by atoms with van der Waals surface area (Å²) in [6.07, 6.45) is 7.23. The van der Waals surface area contributed by atoms with E-state index in [0.29, 0.717) is 6.54 Å². The van der Waals surface area contributed by atoms with Crippen LogP contribution in [0.25, 0.3) is 0 Å². The molecule has 0 radical (unpaired) electrons. The Bertz CT molecular complexity index is 355. The summed E-state index contributed by atoms with van der Waals surface area (Å²) >= 11 is 0. The summed E-state index contributed by atoms with van der Waals surface area (Å²) in [6.45, 7) is 4.73. The van der Waals surface area contributed by atoms with Gasteiger partial charge in [-0.25, -0.2) is 13.1 Å². The van der Waals surface area contributed by atoms with Gasteiger partial charge in [-0.1, -0.05) is 26.2 Å². The molecule has 0 aromatic carbocycles. The first kappa shape index (κ1) is 14.3. The maximum Gasteiger partial charge on any atom is 0.214 e. The lowest BCUT2D eigenvalue weighted by Crippen LogP contribution is -2.47. The number of piperidine rings is 1. The first-order chi connectivity index (χ1) is 8.52. The third-order valence-electron chi connectivity index (χ3n) is 4.38. The molecule has 0 aromatic rings. The van der Waals surface area contributed by atoms with Gasteiger partial charge in [0, 0.05) is 13.1 Å². The Hall–Kier alpha value is -0.130. The van der Waals surface area contributed by atoms with Crippen LogP contribution in [0.5, 0.6) is 0 Å². The van der Waals surface area contributed by atoms with Gasteiger partial charge in [0.05, 0.1) is 5.25 Å². The van der Waals surface area contributed by atoms with E-state index in [4.69, 9.17) is 0 Å². The molecule has 0 spiro atoms. The Kier molecular flexibility index (Phi) is 4.67. The molecule has 0 bridgehead atoms. The fraction of sp³-hybridized carbons (Fsp3) is 1.00. The van der Waals surface area contributed by atoms with E-state index in [1.807, 2.05) is 0 Å². The SMILES string of the molecule is CC1(CNS(=O)(=O)C2CCCCC2)CCCNC1. The van der Waals surface area contributed by atoms with E-state index in [-0.39, 0.29) is 10.7 Å². The van der Waals surface area contributed by atoms with Crippen LogP contribution in [0, 0.1) is 5.41 Å². The minimum atomic E-state index is -3.10. The molecular formula is C13H26N2O2S. The Labute approximate surface area is 111 Å². The normalized spacial score (nSPS) is 31.4. The lowest BCUT2D eigenvalue weighted by molar-refractivity contribution is 0.238. The largest absolute Gasteiger partial charge is 0.316 e. The average Bonchev–Trinajstić information content (AvgIpc) is 2.39. The monoisotopic (exact) mass is 274 g/mol. The highest BCUT2D eigenvalue weighted by molar-refractivity contribution is 7.90. The van der Waals surface area contributed by atoms with Crippen molar-refractivity contribution in [1.82, 2.24) is 10.0 Å². The van der Waals surface area contributed by atoms with Crippen molar-refractivity contribution in [3.05, 3.63) is 0 Å². The molecule has 1 heterocycles. The number of sulfonamides is 1. The minimum absolute atomic E-state index is 0.0833. The quantitative estimate of drug-likeness (QED) is 0.819. The molecule has 2 fully saturated rings. The summed E-state index contributed by atoms with van der Waals surface area (Å²) in [5.74, 6) is 0. The average molecular weight is 274 g/mol. The lowest BCUT2D eigenvalue weighted by Gasteiger charge is -2.35. The fourth-order valence-corrected chi connectivity index (χ4v) is 4.78. The molecule has 1 atom stereocenters. The zero-order valence-corrected chi connectivity index (χ0v) is 12.2. The van der Waals surface area contributed by atoms with E-state index in [1.54, 1.807) is 0 Å². The van der Waals surface area contributed by atoms with Crippen LogP contribution in [0.1, 0.15) is 51.9 Å². The molecule has 1 saturated carbocycles. The second-order valence-electron chi connectivity index (χ2n) is 6.22. The zero-order chi connectivity index (χ0) is 13.1. The molecule has 0 aromatic heterocycles. The maximum absolute atomic E-state index is 12.2. The molecule has 1 aliphatic heterocycles. The van der Waals surface area contributed by atoms with Crippen LogP contribution < -0.4 is 10.0 Å². The highest BCUT2D eigenvalue weighted by Crippen LogP contribution is 2.26. The smallest absolute Gasteiger partial charge is 0.214 e. The summed E-state index contributed by atoms with van der Waals surface area (Å²) in [5.41, 5.74) is 0.0833. The molecule has 5 heteroatoms. The zero-order valence-electron chi connectivity index (χ0n) is 11.4. The van der Waals surface area contributed by atoms with Crippen molar-refractivity contribution in [3.8, 4) is 0 Å². The molecule has 18 heavy (non-hydrogen) atoms. The Morgan fingerprint density at radius 3 is 2.56 bits per heavy atom. The Morgan fingerprint density at radius 1 is 1.22 bits per heavy atom. The summed E-state index contributed by atoms with van der Waals surface area (Å²) in [4.78, 5) is 0. The second kappa shape index (κ2) is 5.88. The van der Waals surface area contributed by atoms with Gasteiger partial charge in [0.2, 0.25) is 10.0 Å². The predicted molar refractivity (Wildman–Crippen MR) is 74.0 cm³/mol. The van der Waals surface area contributed by atoms with Crippen molar-refractivity contribution in [1.29, 1.82) is 0 Å². The summed E-state index contributed by atoms with van der Waals surface area (Å²) in [6, 6.07) is 0. The summed E-state index contributed by atoms with van der Waals surface area (Å²) < 4.78 is 27.3. The van der Waals surface area contributed by atoms with Crippen LogP contribution in [-0.4, -0.2) is 33.3 Å². The molecule has 1 aliphatic carbocycles. The molecule has 2 rings (SSSR count). The molecule has 106 valence electrons. The van der Waals surface area contributed by atoms with E-state index >= 15 is 0 Å². The van der Waals surface area contributed by atoms with Gasteiger partial charge >= 0.3 is 0 Å². The standard InChI is InChI=1S/C13H26N2O2S/c1-13(8-5-9-14-10-13)11-15-18(16,17)12-6-3-2-4-7-12/h12,14-15H,2-11H2,1H3. The number of hydrogen-bond donors (Lipinski definition) is 2. The van der Waals surface area contributed by atoms with Gasteiger partial charge in [-0.2, -0.15) is 0 Å². The molecule has 1 saturated heterocycles. The highest BCUT2D eigenvalue weighted by Gasteiger charge is 2.32. The molecular weight excluding hydrogens is 248 g/mol. The van der Waals surface area contributed by atoms with E-state index < -0.39 is 10.0 Å². The molecule has 2 N–H and O–H groups in total. The van der Waals surface area contributed by atoms with Crippen molar-refractivity contribution < 1.29 is 8.42 Å². The third kappa shape index (κ3) is 3.68. The number of rotatable bonds is 4. The third-order valence-corrected chi connectivity index (χ3v) is 6.27. The topological polar surface area (TPSA) is 58.2 Å². The Morgan fingerprint density at radius 2 is 1.94 bits per heavy atom. The fourth-order valence-electron chi connectivity index (χ4n) is 3.04. The van der Waals surface area contributed by atoms with Crippen LogP contribution in [0.15, 0.2) is 0 Å². The van der Waals surface area contributed by atoms with Crippen LogP contribution in [-0.2, 0) is 10.0 Å². The van der Waals surface area contributed by atoms with Gasteiger partial charge in [0.25, 0.3) is 0 Å². The lowest BCUT2D eigenvalue weighted by atomic mass is 9.83. The van der Waals surface area contributed by atoms with Gasteiger partial charge in [0.1, 0.15) is 0 Å². The van der Waals surface area contributed by atoms with Crippen LogP contribution in [0.2, 0.25) is 0 Å². The van der Waals surface area contributed by atoms with E-state index in [0.717, 1.165) is 51.6 Å². The van der Waals surface area contributed by atoms with E-state index in [9.17, 15) is 8.42 Å². The minimum Gasteiger partial charge on any atom is -0.316 e. The van der Waals surface area contributed by atoms with Crippen molar-refractivity contribution in [2.24, 2.45) is 5.41 Å². The Balaban J connectivity index is 1.87. The van der Waals surface area contributed by atoms with E-state index in [1.165, 1.54) is 6.42 Å². The number of hydrogen-bond acceptors (Lipinski definition) is 3. The van der Waals surface area contributed by atoms with Crippen LogP contribution >= 0.6 is 0 Å².